The number of amides is 2. The van der Waals surface area contributed by atoms with Gasteiger partial charge in [0, 0.05) is 44.5 Å². The number of carbonyl (C=O) groups is 2. The van der Waals surface area contributed by atoms with Crippen LogP contribution in [0.15, 0.2) is 127 Å². The minimum atomic E-state index is -0.558. The summed E-state index contributed by atoms with van der Waals surface area (Å²) in [6, 6.07) is 41.7. The molecule has 53 heavy (non-hydrogen) atoms. The molecule has 0 spiro atoms. The first kappa shape index (κ1) is 37.4. The summed E-state index contributed by atoms with van der Waals surface area (Å²) in [4.78, 5) is 27.4. The van der Waals surface area contributed by atoms with Gasteiger partial charge in [0.05, 0.1) is 30.2 Å². The highest BCUT2D eigenvalue weighted by molar-refractivity contribution is 5.94. The van der Waals surface area contributed by atoms with Crippen LogP contribution in [0.4, 0.5) is 11.4 Å². The first-order chi connectivity index (χ1) is 25.8. The summed E-state index contributed by atoms with van der Waals surface area (Å²) in [6.07, 6.45) is 0.812. The number of aliphatic hydroxyl groups is 1. The summed E-state index contributed by atoms with van der Waals surface area (Å²) in [7, 11) is 2.11. The number of para-hydroxylation sites is 2. The number of hydrogen-bond donors (Lipinski definition) is 4. The number of benzene rings is 5. The summed E-state index contributed by atoms with van der Waals surface area (Å²) in [5.41, 5.74) is 14.1. The van der Waals surface area contributed by atoms with Crippen molar-refractivity contribution in [2.24, 2.45) is 0 Å². The molecule has 1 heterocycles. The lowest BCUT2D eigenvalue weighted by Gasteiger charge is -2.38. The highest BCUT2D eigenvalue weighted by Crippen LogP contribution is 2.39. The standard InChI is InChI=1S/C44H48N4O5/c1-48(28-31-10-3-2-4-11-31)29-37-26-41(34-20-18-32(30-49)19-21-34)53-44(52-37)35-24-22-33(23-25-35)38-13-6-5-12-36(38)27-46-42(50)16-9-17-43(51)47-40-15-8-7-14-39(40)45/h2-8,10-15,18-25,37,41,44,49H,9,16-17,26-30,45H2,1H3,(H,46,50)(H,47,51)/t37-,41+,44+/m0/s1. The van der Waals surface area contributed by atoms with E-state index < -0.39 is 6.29 Å². The Kier molecular flexibility index (Phi) is 13.0. The molecule has 9 heteroatoms. The highest BCUT2D eigenvalue weighted by Gasteiger charge is 2.33. The van der Waals surface area contributed by atoms with Crippen LogP contribution in [0.25, 0.3) is 11.1 Å². The summed E-state index contributed by atoms with van der Waals surface area (Å²) >= 11 is 0. The number of likely N-dealkylation sites (N-methyl/N-ethyl adjacent to an activating group) is 1. The second-order valence-corrected chi connectivity index (χ2v) is 13.6. The van der Waals surface area contributed by atoms with E-state index >= 15 is 0 Å². The third-order valence-corrected chi connectivity index (χ3v) is 9.46. The third kappa shape index (κ3) is 10.6. The molecule has 1 aliphatic heterocycles. The molecule has 2 amide bonds. The van der Waals surface area contributed by atoms with Crippen molar-refractivity contribution in [3.63, 3.8) is 0 Å². The Labute approximate surface area is 311 Å². The van der Waals surface area contributed by atoms with Gasteiger partial charge >= 0.3 is 0 Å². The maximum atomic E-state index is 12.7. The smallest absolute Gasteiger partial charge is 0.224 e. The van der Waals surface area contributed by atoms with Crippen molar-refractivity contribution < 1.29 is 24.2 Å². The maximum absolute atomic E-state index is 12.7. The molecule has 5 aromatic rings. The molecule has 3 atom stereocenters. The van der Waals surface area contributed by atoms with Crippen molar-refractivity contribution in [1.29, 1.82) is 0 Å². The van der Waals surface area contributed by atoms with Crippen LogP contribution >= 0.6 is 0 Å². The molecule has 274 valence electrons. The fourth-order valence-electron chi connectivity index (χ4n) is 6.63. The zero-order valence-corrected chi connectivity index (χ0v) is 30.1. The predicted molar refractivity (Wildman–Crippen MR) is 208 cm³/mol. The van der Waals surface area contributed by atoms with Crippen LogP contribution in [0, 0.1) is 0 Å². The van der Waals surface area contributed by atoms with Gasteiger partial charge in [-0.15, -0.1) is 0 Å². The fourth-order valence-corrected chi connectivity index (χ4v) is 6.63. The second kappa shape index (κ2) is 18.4. The zero-order chi connectivity index (χ0) is 37.0. The average Bonchev–Trinajstić information content (AvgIpc) is 3.18. The van der Waals surface area contributed by atoms with Crippen LogP contribution in [-0.4, -0.2) is 41.5 Å². The van der Waals surface area contributed by atoms with Crippen molar-refractivity contribution in [2.45, 2.75) is 63.9 Å². The second-order valence-electron chi connectivity index (χ2n) is 13.6. The number of carbonyl (C=O) groups excluding carboxylic acids is 2. The quantitative estimate of drug-likeness (QED) is 0.0827. The number of hydrogen-bond acceptors (Lipinski definition) is 7. The monoisotopic (exact) mass is 712 g/mol. The van der Waals surface area contributed by atoms with E-state index in [2.05, 4.69) is 65.0 Å². The van der Waals surface area contributed by atoms with Gasteiger partial charge in [-0.1, -0.05) is 115 Å². The van der Waals surface area contributed by atoms with Crippen LogP contribution in [0.2, 0.25) is 0 Å². The van der Waals surface area contributed by atoms with Crippen molar-refractivity contribution in [2.75, 3.05) is 24.6 Å². The Hall–Kier alpha value is -5.32. The van der Waals surface area contributed by atoms with Crippen LogP contribution < -0.4 is 16.4 Å². The number of nitrogens with two attached hydrogens (primary N) is 1. The largest absolute Gasteiger partial charge is 0.397 e. The number of rotatable bonds is 15. The Morgan fingerprint density at radius 1 is 0.774 bits per heavy atom. The first-order valence-electron chi connectivity index (χ1n) is 18.2. The van der Waals surface area contributed by atoms with Gasteiger partial charge < -0.3 is 30.9 Å². The highest BCUT2D eigenvalue weighted by atomic mass is 16.7. The van der Waals surface area contributed by atoms with Gasteiger partial charge in [-0.05, 0) is 59.0 Å². The molecular weight excluding hydrogens is 665 g/mol. The summed E-state index contributed by atoms with van der Waals surface area (Å²) < 4.78 is 13.2. The van der Waals surface area contributed by atoms with E-state index in [0.29, 0.717) is 30.8 Å². The molecule has 0 saturated carbocycles. The van der Waals surface area contributed by atoms with Crippen LogP contribution in [0.3, 0.4) is 0 Å². The minimum absolute atomic E-state index is 0.00149. The molecule has 6 rings (SSSR count). The topological polar surface area (TPSA) is 126 Å². The molecule has 1 aliphatic rings. The van der Waals surface area contributed by atoms with Gasteiger partial charge in [0.1, 0.15) is 0 Å². The average molecular weight is 713 g/mol. The van der Waals surface area contributed by atoms with E-state index in [9.17, 15) is 14.7 Å². The molecule has 5 aromatic carbocycles. The molecule has 5 N–H and O–H groups in total. The maximum Gasteiger partial charge on any atom is 0.224 e. The number of anilines is 2. The van der Waals surface area contributed by atoms with Crippen molar-refractivity contribution in [3.8, 4) is 11.1 Å². The third-order valence-electron chi connectivity index (χ3n) is 9.46. The Morgan fingerprint density at radius 2 is 1.45 bits per heavy atom. The van der Waals surface area contributed by atoms with E-state index in [0.717, 1.165) is 46.5 Å². The Morgan fingerprint density at radius 3 is 2.21 bits per heavy atom. The van der Waals surface area contributed by atoms with Crippen molar-refractivity contribution in [3.05, 3.63) is 155 Å². The molecule has 0 bridgehead atoms. The van der Waals surface area contributed by atoms with E-state index in [1.54, 1.807) is 12.1 Å². The summed E-state index contributed by atoms with van der Waals surface area (Å²) in [5.74, 6) is -0.287. The lowest BCUT2D eigenvalue weighted by atomic mass is 9.97. The lowest BCUT2D eigenvalue weighted by molar-refractivity contribution is -0.252. The van der Waals surface area contributed by atoms with Crippen LogP contribution in [-0.2, 0) is 38.8 Å². The lowest BCUT2D eigenvalue weighted by Crippen LogP contribution is -2.37. The van der Waals surface area contributed by atoms with Crippen molar-refractivity contribution in [1.82, 2.24) is 10.2 Å². The summed E-state index contributed by atoms with van der Waals surface area (Å²) in [6.45, 7) is 1.93. The number of aliphatic hydroxyl groups excluding tert-OH is 1. The molecule has 1 fully saturated rings. The Balaban J connectivity index is 1.08. The van der Waals surface area contributed by atoms with Gasteiger partial charge in [0.25, 0.3) is 0 Å². The molecule has 1 saturated heterocycles. The number of nitrogens with one attached hydrogen (secondary N) is 2. The van der Waals surface area contributed by atoms with Crippen LogP contribution in [0.5, 0.6) is 0 Å². The minimum Gasteiger partial charge on any atom is -0.397 e. The molecule has 0 radical (unpaired) electrons. The zero-order valence-electron chi connectivity index (χ0n) is 30.1. The van der Waals surface area contributed by atoms with Crippen LogP contribution in [0.1, 0.15) is 65.9 Å². The van der Waals surface area contributed by atoms with E-state index in [1.807, 2.05) is 72.8 Å². The fraction of sp³-hybridized carbons (Fsp3) is 0.273. The molecule has 9 nitrogen and oxygen atoms in total. The normalized spacial score (nSPS) is 17.0. The van der Waals surface area contributed by atoms with Gasteiger partial charge in [-0.25, -0.2) is 0 Å². The number of nitrogens with zero attached hydrogens (tertiary/aromatic N) is 1. The number of nitrogen functional groups attached to an aromatic ring is 1. The van der Waals surface area contributed by atoms with E-state index in [1.165, 1.54) is 5.56 Å². The predicted octanol–water partition coefficient (Wildman–Crippen LogP) is 7.53. The van der Waals surface area contributed by atoms with E-state index in [4.69, 9.17) is 15.2 Å². The first-order valence-corrected chi connectivity index (χ1v) is 18.2. The Bertz CT molecular complexity index is 1930. The molecule has 0 aromatic heterocycles. The van der Waals surface area contributed by atoms with E-state index in [-0.39, 0.29) is 43.5 Å². The SMILES string of the molecule is CN(Cc1ccccc1)C[C@@H]1C[C@H](c2ccc(CO)cc2)O[C@H](c2ccc(-c3ccccc3CNC(=O)CCCC(=O)Nc3ccccc3N)cc2)O1. The molecule has 0 unspecified atom stereocenters. The van der Waals surface area contributed by atoms with Gasteiger partial charge in [0.15, 0.2) is 6.29 Å². The van der Waals surface area contributed by atoms with Gasteiger partial charge in [-0.2, -0.15) is 0 Å². The van der Waals surface area contributed by atoms with Gasteiger partial charge in [0.2, 0.25) is 11.8 Å². The molecular formula is C44H48N4O5. The number of ether oxygens (including phenoxy) is 2. The summed E-state index contributed by atoms with van der Waals surface area (Å²) in [5, 5.41) is 15.4. The van der Waals surface area contributed by atoms with Gasteiger partial charge in [-0.3, -0.25) is 14.5 Å². The molecule has 0 aliphatic carbocycles. The van der Waals surface area contributed by atoms with Crippen molar-refractivity contribution >= 4 is 23.2 Å².